The highest BCUT2D eigenvalue weighted by atomic mass is 32.2. The van der Waals surface area contributed by atoms with Crippen molar-refractivity contribution in [3.63, 3.8) is 0 Å². The van der Waals surface area contributed by atoms with Crippen LogP contribution in [0, 0.1) is 0 Å². The largest absolute Gasteiger partial charge is 0.480 e. The highest BCUT2D eigenvalue weighted by Crippen LogP contribution is 2.14. The van der Waals surface area contributed by atoms with E-state index in [0.29, 0.717) is 13.0 Å². The molecule has 0 amide bonds. The third-order valence-electron chi connectivity index (χ3n) is 2.70. The molecule has 0 aromatic rings. The van der Waals surface area contributed by atoms with E-state index in [1.54, 1.807) is 4.90 Å². The van der Waals surface area contributed by atoms with Crippen LogP contribution < -0.4 is 4.72 Å². The van der Waals surface area contributed by atoms with Crippen molar-refractivity contribution >= 4 is 16.2 Å². The molecule has 0 spiro atoms. The number of carbonyl (C=O) groups is 1. The van der Waals surface area contributed by atoms with Crippen LogP contribution in [0.4, 0.5) is 13.2 Å². The lowest BCUT2D eigenvalue weighted by Crippen LogP contribution is -2.45. The Hall–Kier alpha value is -0.910. The van der Waals surface area contributed by atoms with E-state index in [0.717, 1.165) is 4.31 Å². The number of carboxylic acids is 1. The summed E-state index contributed by atoms with van der Waals surface area (Å²) in [6.07, 6.45) is -4.26. The molecule has 1 aliphatic heterocycles. The molecule has 1 rings (SSSR count). The molecule has 11 heteroatoms. The molecule has 0 saturated carbocycles. The van der Waals surface area contributed by atoms with Gasteiger partial charge >= 0.3 is 12.1 Å². The van der Waals surface area contributed by atoms with Crippen molar-refractivity contribution in [2.45, 2.75) is 12.6 Å². The first-order valence-electron chi connectivity index (χ1n) is 5.86. The standard InChI is InChI=1S/C9H16F3N3O4S/c10-9(11,12)7-13-20(18,19)15-3-1-2-14(4-5-15)6-8(16)17/h13H,1-7H2,(H,16,17). The summed E-state index contributed by atoms with van der Waals surface area (Å²) in [4.78, 5) is 12.1. The Morgan fingerprint density at radius 3 is 2.40 bits per heavy atom. The summed E-state index contributed by atoms with van der Waals surface area (Å²) in [5.41, 5.74) is 0. The van der Waals surface area contributed by atoms with Gasteiger partial charge in [-0.3, -0.25) is 9.69 Å². The Balaban J connectivity index is 2.57. The van der Waals surface area contributed by atoms with Gasteiger partial charge < -0.3 is 5.11 Å². The molecule has 0 unspecified atom stereocenters. The first-order chi connectivity index (χ1) is 9.10. The third kappa shape index (κ3) is 6.03. The van der Waals surface area contributed by atoms with Crippen molar-refractivity contribution < 1.29 is 31.5 Å². The molecule has 0 atom stereocenters. The Morgan fingerprint density at radius 1 is 1.20 bits per heavy atom. The van der Waals surface area contributed by atoms with Crippen molar-refractivity contribution in [3.05, 3.63) is 0 Å². The topological polar surface area (TPSA) is 90.0 Å². The van der Waals surface area contributed by atoms with E-state index in [2.05, 4.69) is 0 Å². The van der Waals surface area contributed by atoms with Crippen molar-refractivity contribution in [1.29, 1.82) is 0 Å². The van der Waals surface area contributed by atoms with Gasteiger partial charge in [-0.15, -0.1) is 0 Å². The minimum absolute atomic E-state index is 0.0412. The molecule has 1 fully saturated rings. The summed E-state index contributed by atoms with van der Waals surface area (Å²) in [6.45, 7) is -1.27. The molecular formula is C9H16F3N3O4S. The fraction of sp³-hybridized carbons (Fsp3) is 0.889. The SMILES string of the molecule is O=C(O)CN1CCCN(S(=O)(=O)NCC(F)(F)F)CC1. The van der Waals surface area contributed by atoms with Crippen LogP contribution in [0.5, 0.6) is 0 Å². The number of nitrogens with one attached hydrogen (secondary N) is 1. The lowest BCUT2D eigenvalue weighted by molar-refractivity contribution is -0.138. The van der Waals surface area contributed by atoms with Crippen LogP contribution in [0.25, 0.3) is 0 Å². The summed E-state index contributed by atoms with van der Waals surface area (Å²) >= 11 is 0. The van der Waals surface area contributed by atoms with Gasteiger partial charge in [0.2, 0.25) is 0 Å². The zero-order chi connectivity index (χ0) is 15.4. The molecule has 2 N–H and O–H groups in total. The fourth-order valence-corrected chi connectivity index (χ4v) is 3.02. The quantitative estimate of drug-likeness (QED) is 0.711. The summed E-state index contributed by atoms with van der Waals surface area (Å²) in [7, 11) is -4.20. The van der Waals surface area contributed by atoms with E-state index in [-0.39, 0.29) is 26.2 Å². The van der Waals surface area contributed by atoms with E-state index < -0.39 is 28.9 Å². The molecule has 0 aromatic heterocycles. The molecule has 0 aromatic carbocycles. The summed E-state index contributed by atoms with van der Waals surface area (Å²) in [5.74, 6) is -1.03. The number of hydrogen-bond donors (Lipinski definition) is 2. The third-order valence-corrected chi connectivity index (χ3v) is 4.26. The molecule has 1 aliphatic rings. The summed E-state index contributed by atoms with van der Waals surface area (Å²) in [5, 5.41) is 8.65. The molecule has 1 heterocycles. The monoisotopic (exact) mass is 319 g/mol. The minimum Gasteiger partial charge on any atom is -0.480 e. The van der Waals surface area contributed by atoms with Crippen LogP contribution >= 0.6 is 0 Å². The Bertz CT molecular complexity index is 440. The van der Waals surface area contributed by atoms with Crippen LogP contribution in [0.15, 0.2) is 0 Å². The number of hydrogen-bond acceptors (Lipinski definition) is 4. The van der Waals surface area contributed by atoms with Crippen molar-refractivity contribution in [1.82, 2.24) is 13.9 Å². The van der Waals surface area contributed by atoms with Crippen LogP contribution in [-0.2, 0) is 15.0 Å². The van der Waals surface area contributed by atoms with E-state index in [4.69, 9.17) is 5.11 Å². The highest BCUT2D eigenvalue weighted by Gasteiger charge is 2.32. The van der Waals surface area contributed by atoms with Crippen LogP contribution in [0.2, 0.25) is 0 Å². The predicted octanol–water partition coefficient (Wildman–Crippen LogP) is -0.525. The average Bonchev–Trinajstić information content (AvgIpc) is 2.51. The molecule has 7 nitrogen and oxygen atoms in total. The maximum Gasteiger partial charge on any atom is 0.402 e. The Kier molecular flexibility index (Phi) is 5.74. The second-order valence-corrected chi connectivity index (χ2v) is 6.12. The van der Waals surface area contributed by atoms with Gasteiger partial charge in [-0.25, -0.2) is 0 Å². The van der Waals surface area contributed by atoms with Gasteiger partial charge in [0.15, 0.2) is 0 Å². The van der Waals surface area contributed by atoms with Crippen LogP contribution in [0.3, 0.4) is 0 Å². The molecule has 1 saturated heterocycles. The first kappa shape index (κ1) is 17.1. The van der Waals surface area contributed by atoms with E-state index in [1.165, 1.54) is 4.72 Å². The molecule has 0 radical (unpaired) electrons. The number of aliphatic carboxylic acids is 1. The van der Waals surface area contributed by atoms with Crippen molar-refractivity contribution in [2.75, 3.05) is 39.3 Å². The molecular weight excluding hydrogens is 303 g/mol. The van der Waals surface area contributed by atoms with Gasteiger partial charge in [0, 0.05) is 26.2 Å². The fourth-order valence-electron chi connectivity index (χ4n) is 1.80. The van der Waals surface area contributed by atoms with Crippen LogP contribution in [-0.4, -0.2) is 74.1 Å². The maximum absolute atomic E-state index is 12.0. The van der Waals surface area contributed by atoms with Gasteiger partial charge in [-0.05, 0) is 6.42 Å². The molecule has 118 valence electrons. The molecule has 0 aliphatic carbocycles. The Morgan fingerprint density at radius 2 is 1.85 bits per heavy atom. The lowest BCUT2D eigenvalue weighted by Gasteiger charge is -2.21. The van der Waals surface area contributed by atoms with Gasteiger partial charge in [0.1, 0.15) is 6.54 Å². The minimum atomic E-state index is -4.62. The zero-order valence-electron chi connectivity index (χ0n) is 10.6. The van der Waals surface area contributed by atoms with E-state index >= 15 is 0 Å². The normalized spacial score (nSPS) is 19.8. The maximum atomic E-state index is 12.0. The first-order valence-corrected chi connectivity index (χ1v) is 7.30. The van der Waals surface area contributed by atoms with Gasteiger partial charge in [-0.1, -0.05) is 0 Å². The number of nitrogens with zero attached hydrogens (tertiary/aromatic N) is 2. The van der Waals surface area contributed by atoms with Crippen molar-refractivity contribution in [3.8, 4) is 0 Å². The zero-order valence-corrected chi connectivity index (χ0v) is 11.4. The Labute approximate surface area is 114 Å². The second kappa shape index (κ2) is 6.70. The number of rotatable bonds is 5. The van der Waals surface area contributed by atoms with Gasteiger partial charge in [-0.2, -0.15) is 30.6 Å². The average molecular weight is 319 g/mol. The lowest BCUT2D eigenvalue weighted by atomic mass is 10.4. The molecule has 0 bridgehead atoms. The van der Waals surface area contributed by atoms with E-state index in [1.807, 2.05) is 0 Å². The highest BCUT2D eigenvalue weighted by molar-refractivity contribution is 7.87. The van der Waals surface area contributed by atoms with Crippen molar-refractivity contribution in [2.24, 2.45) is 0 Å². The number of halogens is 3. The van der Waals surface area contributed by atoms with Crippen LogP contribution in [0.1, 0.15) is 6.42 Å². The van der Waals surface area contributed by atoms with Gasteiger partial charge in [0.05, 0.1) is 6.54 Å². The second-order valence-electron chi connectivity index (χ2n) is 4.36. The number of alkyl halides is 3. The van der Waals surface area contributed by atoms with E-state index in [9.17, 15) is 26.4 Å². The smallest absolute Gasteiger partial charge is 0.402 e. The van der Waals surface area contributed by atoms with Gasteiger partial charge in [0.25, 0.3) is 10.2 Å². The summed E-state index contributed by atoms with van der Waals surface area (Å²) in [6, 6.07) is 0. The number of carboxylic acid groups (broad SMARTS) is 1. The molecule has 20 heavy (non-hydrogen) atoms. The predicted molar refractivity (Wildman–Crippen MR) is 63.2 cm³/mol. The summed E-state index contributed by atoms with van der Waals surface area (Å²) < 4.78 is 61.8.